The van der Waals surface area contributed by atoms with Crippen LogP contribution in [-0.2, 0) is 4.79 Å². The van der Waals surface area contributed by atoms with E-state index in [4.69, 9.17) is 9.47 Å². The summed E-state index contributed by atoms with van der Waals surface area (Å²) in [5.41, 5.74) is 1.87. The molecular weight excluding hydrogens is 411 g/mol. The van der Waals surface area contributed by atoms with E-state index in [0.29, 0.717) is 40.4 Å². The molecule has 2 amide bonds. The molecule has 164 valence electrons. The van der Waals surface area contributed by atoms with Gasteiger partial charge in [-0.1, -0.05) is 36.4 Å². The zero-order chi connectivity index (χ0) is 22.7. The number of anilines is 2. The molecule has 7 heteroatoms. The molecule has 0 spiro atoms. The summed E-state index contributed by atoms with van der Waals surface area (Å²) < 4.78 is 24.9. The Labute approximate surface area is 185 Å². The fourth-order valence-electron chi connectivity index (χ4n) is 3.71. The predicted octanol–water partition coefficient (Wildman–Crippen LogP) is 4.84. The molecule has 2 N–H and O–H groups in total. The number of rotatable bonds is 7. The fraction of sp³-hybridized carbons (Fsp3) is 0.200. The first-order valence-corrected chi connectivity index (χ1v) is 10.2. The number of hydrogen-bond acceptors (Lipinski definition) is 4. The minimum absolute atomic E-state index is 0.145. The first-order chi connectivity index (χ1) is 15.5. The molecular formula is C25H23FN2O4. The first kappa shape index (κ1) is 21.4. The van der Waals surface area contributed by atoms with Crippen molar-refractivity contribution in [3.63, 3.8) is 0 Å². The molecule has 3 aromatic rings. The smallest absolute Gasteiger partial charge is 0.255 e. The molecule has 0 aromatic heterocycles. The lowest BCUT2D eigenvalue weighted by Crippen LogP contribution is -2.16. The molecule has 6 nitrogen and oxygen atoms in total. The van der Waals surface area contributed by atoms with Crippen molar-refractivity contribution in [2.75, 3.05) is 24.9 Å². The second-order valence-electron chi connectivity index (χ2n) is 7.53. The van der Waals surface area contributed by atoms with Gasteiger partial charge in [0, 0.05) is 23.6 Å². The average Bonchev–Trinajstić information content (AvgIpc) is 3.61. The van der Waals surface area contributed by atoms with Crippen molar-refractivity contribution >= 4 is 23.2 Å². The lowest BCUT2D eigenvalue weighted by Gasteiger charge is -2.16. The van der Waals surface area contributed by atoms with E-state index in [2.05, 4.69) is 10.6 Å². The van der Waals surface area contributed by atoms with Crippen molar-refractivity contribution in [3.8, 4) is 11.5 Å². The van der Waals surface area contributed by atoms with E-state index >= 15 is 0 Å². The molecule has 0 saturated heterocycles. The maximum atomic E-state index is 14.0. The molecule has 0 bridgehead atoms. The summed E-state index contributed by atoms with van der Waals surface area (Å²) >= 11 is 0. The van der Waals surface area contributed by atoms with Crippen LogP contribution in [0.5, 0.6) is 11.5 Å². The number of methoxy groups -OCH3 is 2. The molecule has 0 radical (unpaired) electrons. The van der Waals surface area contributed by atoms with Crippen molar-refractivity contribution in [3.05, 3.63) is 83.7 Å². The second kappa shape index (κ2) is 9.09. The van der Waals surface area contributed by atoms with Crippen LogP contribution in [0.4, 0.5) is 15.8 Å². The van der Waals surface area contributed by atoms with Crippen LogP contribution in [0.2, 0.25) is 0 Å². The Morgan fingerprint density at radius 3 is 2.09 bits per heavy atom. The maximum absolute atomic E-state index is 14.0. The van der Waals surface area contributed by atoms with Gasteiger partial charge in [0.15, 0.2) is 0 Å². The molecule has 3 aromatic carbocycles. The van der Waals surface area contributed by atoms with Gasteiger partial charge in [-0.3, -0.25) is 9.59 Å². The van der Waals surface area contributed by atoms with Gasteiger partial charge in [-0.05, 0) is 36.1 Å². The summed E-state index contributed by atoms with van der Waals surface area (Å²) in [7, 11) is 2.94. The van der Waals surface area contributed by atoms with Crippen LogP contribution in [0, 0.1) is 11.7 Å². The van der Waals surface area contributed by atoms with Crippen molar-refractivity contribution in [1.29, 1.82) is 0 Å². The van der Waals surface area contributed by atoms with E-state index in [-0.39, 0.29) is 29.5 Å². The highest BCUT2D eigenvalue weighted by molar-refractivity contribution is 6.05. The topological polar surface area (TPSA) is 76.7 Å². The van der Waals surface area contributed by atoms with E-state index in [9.17, 15) is 14.0 Å². The Balaban J connectivity index is 1.51. The summed E-state index contributed by atoms with van der Waals surface area (Å²) in [5, 5.41) is 5.66. The lowest BCUT2D eigenvalue weighted by atomic mass is 10.1. The zero-order valence-electron chi connectivity index (χ0n) is 17.7. The normalized spacial score (nSPS) is 16.7. The van der Waals surface area contributed by atoms with E-state index in [1.807, 2.05) is 6.07 Å². The third-order valence-corrected chi connectivity index (χ3v) is 5.50. The quantitative estimate of drug-likeness (QED) is 0.558. The molecule has 0 aliphatic heterocycles. The molecule has 32 heavy (non-hydrogen) atoms. The summed E-state index contributed by atoms with van der Waals surface area (Å²) in [5.74, 6) is -0.551. The number of amides is 2. The Hall–Kier alpha value is -3.87. The molecule has 4 rings (SSSR count). The van der Waals surface area contributed by atoms with Gasteiger partial charge < -0.3 is 20.1 Å². The Morgan fingerprint density at radius 1 is 0.875 bits per heavy atom. The molecule has 1 fully saturated rings. The largest absolute Gasteiger partial charge is 0.494 e. The van der Waals surface area contributed by atoms with Gasteiger partial charge in [-0.25, -0.2) is 4.39 Å². The van der Waals surface area contributed by atoms with Gasteiger partial charge in [0.1, 0.15) is 17.3 Å². The van der Waals surface area contributed by atoms with Crippen LogP contribution >= 0.6 is 0 Å². The van der Waals surface area contributed by atoms with E-state index in [0.717, 1.165) is 0 Å². The minimum Gasteiger partial charge on any atom is -0.494 e. The van der Waals surface area contributed by atoms with Crippen LogP contribution in [-0.4, -0.2) is 26.0 Å². The van der Waals surface area contributed by atoms with Gasteiger partial charge in [0.05, 0.1) is 25.6 Å². The van der Waals surface area contributed by atoms with Crippen molar-refractivity contribution in [2.45, 2.75) is 12.3 Å². The van der Waals surface area contributed by atoms with Gasteiger partial charge in [-0.15, -0.1) is 0 Å². The molecule has 1 aliphatic rings. The van der Waals surface area contributed by atoms with Crippen molar-refractivity contribution < 1.29 is 23.5 Å². The van der Waals surface area contributed by atoms with Crippen LogP contribution in [0.25, 0.3) is 0 Å². The second-order valence-corrected chi connectivity index (χ2v) is 7.53. The van der Waals surface area contributed by atoms with Gasteiger partial charge in [0.2, 0.25) is 5.91 Å². The highest BCUT2D eigenvalue weighted by Crippen LogP contribution is 2.49. The molecule has 2 atom stereocenters. The Kier molecular flexibility index (Phi) is 6.07. The average molecular weight is 434 g/mol. The first-order valence-electron chi connectivity index (χ1n) is 10.2. The van der Waals surface area contributed by atoms with E-state index < -0.39 is 0 Å². The third kappa shape index (κ3) is 4.42. The van der Waals surface area contributed by atoms with Gasteiger partial charge in [0.25, 0.3) is 5.91 Å². The minimum atomic E-state index is -0.319. The zero-order valence-corrected chi connectivity index (χ0v) is 17.7. The monoisotopic (exact) mass is 434 g/mol. The van der Waals surface area contributed by atoms with Crippen LogP contribution in [0.15, 0.2) is 66.7 Å². The number of carbonyl (C=O) groups excluding carboxylic acids is 2. The summed E-state index contributed by atoms with van der Waals surface area (Å²) in [4.78, 5) is 25.3. The van der Waals surface area contributed by atoms with Crippen LogP contribution in [0.1, 0.15) is 28.3 Å². The summed E-state index contributed by atoms with van der Waals surface area (Å²) in [6.07, 6.45) is 0.581. The third-order valence-electron chi connectivity index (χ3n) is 5.50. The molecule has 2 unspecified atom stereocenters. The number of benzene rings is 3. The molecule has 1 aliphatic carbocycles. The number of carbonyl (C=O) groups is 2. The SMILES string of the molecule is COc1cc(NC(=O)C2CC2c2ccccc2F)c(OC)cc1NC(=O)c1ccccc1. The lowest BCUT2D eigenvalue weighted by molar-refractivity contribution is -0.117. The summed E-state index contributed by atoms with van der Waals surface area (Å²) in [6.45, 7) is 0. The number of hydrogen-bond donors (Lipinski definition) is 2. The fourth-order valence-corrected chi connectivity index (χ4v) is 3.71. The van der Waals surface area contributed by atoms with Gasteiger partial charge >= 0.3 is 0 Å². The highest BCUT2D eigenvalue weighted by atomic mass is 19.1. The Morgan fingerprint density at radius 2 is 1.47 bits per heavy atom. The highest BCUT2D eigenvalue weighted by Gasteiger charge is 2.45. The van der Waals surface area contributed by atoms with Gasteiger partial charge in [-0.2, -0.15) is 0 Å². The van der Waals surface area contributed by atoms with Crippen molar-refractivity contribution in [1.82, 2.24) is 0 Å². The number of halogens is 1. The summed E-state index contributed by atoms with van der Waals surface area (Å²) in [6, 6.07) is 18.5. The maximum Gasteiger partial charge on any atom is 0.255 e. The van der Waals surface area contributed by atoms with E-state index in [1.54, 1.807) is 54.6 Å². The molecule has 1 saturated carbocycles. The van der Waals surface area contributed by atoms with E-state index in [1.165, 1.54) is 20.3 Å². The molecule has 0 heterocycles. The Bertz CT molecular complexity index is 1150. The van der Waals surface area contributed by atoms with Crippen LogP contribution < -0.4 is 20.1 Å². The standard InChI is InChI=1S/C25H23FN2O4/c1-31-22-14-21(28-25(30)18-12-17(18)16-10-6-7-11-19(16)26)23(32-2)13-20(22)27-24(29)15-8-4-3-5-9-15/h3-11,13-14,17-18H,12H2,1-2H3,(H,27,29)(H,28,30). The number of nitrogens with one attached hydrogen (secondary N) is 2. The van der Waals surface area contributed by atoms with Crippen molar-refractivity contribution in [2.24, 2.45) is 5.92 Å². The predicted molar refractivity (Wildman–Crippen MR) is 120 cm³/mol. The van der Waals surface area contributed by atoms with Crippen LogP contribution in [0.3, 0.4) is 0 Å². The number of ether oxygens (including phenoxy) is 2.